The van der Waals surface area contributed by atoms with E-state index in [4.69, 9.17) is 14.2 Å². The number of carbonyl (C=O) groups excluding carboxylic acids is 1. The first kappa shape index (κ1) is 26.0. The highest BCUT2D eigenvalue weighted by molar-refractivity contribution is 7.91. The van der Waals surface area contributed by atoms with Crippen molar-refractivity contribution in [2.45, 2.75) is 55.7 Å². The minimum Gasteiger partial charge on any atom is -0.497 e. The van der Waals surface area contributed by atoms with Crippen LogP contribution >= 0.6 is 0 Å². The van der Waals surface area contributed by atoms with E-state index in [9.17, 15) is 13.2 Å². The Bertz CT molecular complexity index is 1010. The molecule has 1 aliphatic heterocycles. The van der Waals surface area contributed by atoms with Gasteiger partial charge in [0.2, 0.25) is 0 Å². The van der Waals surface area contributed by atoms with Gasteiger partial charge >= 0.3 is 5.97 Å². The van der Waals surface area contributed by atoms with Crippen LogP contribution in [0.25, 0.3) is 0 Å². The molecule has 1 aliphatic rings. The van der Waals surface area contributed by atoms with Crippen molar-refractivity contribution in [2.75, 3.05) is 26.9 Å². The molecule has 3 rings (SSSR count). The normalized spacial score (nSPS) is 18.0. The van der Waals surface area contributed by atoms with Crippen LogP contribution in [0.1, 0.15) is 50.3 Å². The number of methoxy groups -OCH3 is 1. The Kier molecular flexibility index (Phi) is 9.36. The number of esters is 1. The number of hydrogen-bond donors (Lipinski definition) is 1. The van der Waals surface area contributed by atoms with Crippen molar-refractivity contribution in [1.82, 2.24) is 5.32 Å². The quantitative estimate of drug-likeness (QED) is 0.470. The summed E-state index contributed by atoms with van der Waals surface area (Å²) in [5.41, 5.74) is 0.512. The molecule has 8 heteroatoms. The van der Waals surface area contributed by atoms with Gasteiger partial charge in [0, 0.05) is 6.04 Å². The standard InChI is InChI=1S/C26H35NO6S/c1-4-32-26(28)19(2)25(34(29,30)24-14-12-22(31-3)13-15-24)20-8-10-23(11-9-20)33-18-16-21-7-5-6-17-27-21/h8-15,19,21,25,27H,4-7,16-18H2,1-3H3. The lowest BCUT2D eigenvalue weighted by molar-refractivity contribution is -0.147. The number of benzene rings is 2. The highest BCUT2D eigenvalue weighted by Gasteiger charge is 2.38. The van der Waals surface area contributed by atoms with E-state index in [1.807, 2.05) is 0 Å². The van der Waals surface area contributed by atoms with E-state index in [0.29, 0.717) is 29.7 Å². The van der Waals surface area contributed by atoms with Crippen LogP contribution in [-0.2, 0) is 19.4 Å². The van der Waals surface area contributed by atoms with Crippen molar-refractivity contribution in [3.63, 3.8) is 0 Å². The van der Waals surface area contributed by atoms with Crippen LogP contribution in [0, 0.1) is 5.92 Å². The van der Waals surface area contributed by atoms with Crippen LogP contribution in [0.4, 0.5) is 0 Å². The van der Waals surface area contributed by atoms with E-state index < -0.39 is 27.0 Å². The number of hydrogen-bond acceptors (Lipinski definition) is 7. The van der Waals surface area contributed by atoms with Gasteiger partial charge in [0.15, 0.2) is 9.84 Å². The third-order valence-corrected chi connectivity index (χ3v) is 8.47. The van der Waals surface area contributed by atoms with Gasteiger partial charge in [-0.1, -0.05) is 25.5 Å². The van der Waals surface area contributed by atoms with Crippen molar-refractivity contribution in [2.24, 2.45) is 5.92 Å². The molecule has 0 aromatic heterocycles. The van der Waals surface area contributed by atoms with Crippen molar-refractivity contribution in [3.05, 3.63) is 54.1 Å². The lowest BCUT2D eigenvalue weighted by atomic mass is 10.0. The maximum Gasteiger partial charge on any atom is 0.310 e. The van der Waals surface area contributed by atoms with Gasteiger partial charge in [-0.3, -0.25) is 4.79 Å². The summed E-state index contributed by atoms with van der Waals surface area (Å²) in [6.45, 7) is 5.12. The molecule has 0 amide bonds. The summed E-state index contributed by atoms with van der Waals surface area (Å²) in [5, 5.41) is 2.41. The smallest absolute Gasteiger partial charge is 0.310 e. The van der Waals surface area contributed by atoms with Crippen molar-refractivity contribution < 1.29 is 27.4 Å². The first-order valence-corrected chi connectivity index (χ1v) is 13.4. The van der Waals surface area contributed by atoms with Gasteiger partial charge in [0.05, 0.1) is 31.1 Å². The largest absolute Gasteiger partial charge is 0.497 e. The summed E-state index contributed by atoms with van der Waals surface area (Å²) in [6, 6.07) is 13.6. The molecule has 0 radical (unpaired) electrons. The Hall–Kier alpha value is -2.58. The molecule has 0 spiro atoms. The fourth-order valence-electron chi connectivity index (χ4n) is 4.29. The molecule has 3 unspecified atom stereocenters. The van der Waals surface area contributed by atoms with E-state index >= 15 is 0 Å². The second-order valence-corrected chi connectivity index (χ2v) is 10.6. The molecule has 0 saturated carbocycles. The molecule has 3 atom stereocenters. The fourth-order valence-corrected chi connectivity index (χ4v) is 6.26. The predicted octanol–water partition coefficient (Wildman–Crippen LogP) is 4.32. The van der Waals surface area contributed by atoms with E-state index in [1.54, 1.807) is 50.2 Å². The number of piperidine rings is 1. The van der Waals surface area contributed by atoms with Crippen LogP contribution in [0.2, 0.25) is 0 Å². The predicted molar refractivity (Wildman–Crippen MR) is 131 cm³/mol. The summed E-state index contributed by atoms with van der Waals surface area (Å²) >= 11 is 0. The topological polar surface area (TPSA) is 90.9 Å². The van der Waals surface area contributed by atoms with Crippen molar-refractivity contribution in [1.29, 1.82) is 0 Å². The number of rotatable bonds is 11. The molecule has 1 heterocycles. The molecule has 0 bridgehead atoms. The van der Waals surface area contributed by atoms with Crippen molar-refractivity contribution >= 4 is 15.8 Å². The van der Waals surface area contributed by atoms with E-state index in [-0.39, 0.29) is 11.5 Å². The molecular formula is C26H35NO6S. The third kappa shape index (κ3) is 6.51. The molecule has 2 aromatic rings. The Balaban J connectivity index is 1.80. The van der Waals surface area contributed by atoms with Gasteiger partial charge in [-0.25, -0.2) is 8.42 Å². The molecule has 186 valence electrons. The minimum atomic E-state index is -3.89. The van der Waals surface area contributed by atoms with Gasteiger partial charge in [0.1, 0.15) is 16.7 Å². The number of carbonyl (C=O) groups is 1. The first-order chi connectivity index (χ1) is 16.4. The van der Waals surface area contributed by atoms with Gasteiger partial charge < -0.3 is 19.5 Å². The Morgan fingerprint density at radius 3 is 2.32 bits per heavy atom. The summed E-state index contributed by atoms with van der Waals surface area (Å²) in [6.07, 6.45) is 4.56. The maximum absolute atomic E-state index is 13.6. The lowest BCUT2D eigenvalue weighted by Crippen LogP contribution is -2.35. The molecule has 34 heavy (non-hydrogen) atoms. The Morgan fingerprint density at radius 2 is 1.74 bits per heavy atom. The van der Waals surface area contributed by atoms with E-state index in [2.05, 4.69) is 5.32 Å². The number of sulfone groups is 1. The highest BCUT2D eigenvalue weighted by atomic mass is 32.2. The maximum atomic E-state index is 13.6. The van der Waals surface area contributed by atoms with Crippen LogP contribution in [0.5, 0.6) is 11.5 Å². The second kappa shape index (κ2) is 12.2. The summed E-state index contributed by atoms with van der Waals surface area (Å²) in [4.78, 5) is 12.7. The zero-order valence-electron chi connectivity index (χ0n) is 20.2. The average molecular weight is 490 g/mol. The van der Waals surface area contributed by atoms with Gasteiger partial charge in [-0.15, -0.1) is 0 Å². The number of nitrogens with one attached hydrogen (secondary N) is 1. The monoisotopic (exact) mass is 489 g/mol. The Morgan fingerprint density at radius 1 is 1.06 bits per heavy atom. The van der Waals surface area contributed by atoms with E-state index in [1.165, 1.54) is 38.5 Å². The lowest BCUT2D eigenvalue weighted by Gasteiger charge is -2.24. The average Bonchev–Trinajstić information content (AvgIpc) is 2.86. The molecule has 1 fully saturated rings. The van der Waals surface area contributed by atoms with Gasteiger partial charge in [0.25, 0.3) is 0 Å². The molecule has 1 N–H and O–H groups in total. The van der Waals surface area contributed by atoms with Crippen LogP contribution in [-0.4, -0.2) is 47.3 Å². The van der Waals surface area contributed by atoms with Crippen LogP contribution in [0.3, 0.4) is 0 Å². The van der Waals surface area contributed by atoms with E-state index in [0.717, 1.165) is 13.0 Å². The molecule has 2 aromatic carbocycles. The fraction of sp³-hybridized carbons (Fsp3) is 0.500. The Labute approximate surface area is 202 Å². The first-order valence-electron chi connectivity index (χ1n) is 11.9. The summed E-state index contributed by atoms with van der Waals surface area (Å²) in [5.74, 6) is -0.219. The highest BCUT2D eigenvalue weighted by Crippen LogP contribution is 2.37. The van der Waals surface area contributed by atoms with Crippen molar-refractivity contribution in [3.8, 4) is 11.5 Å². The molecule has 7 nitrogen and oxygen atoms in total. The second-order valence-electron chi connectivity index (χ2n) is 8.53. The SMILES string of the molecule is CCOC(=O)C(C)C(c1ccc(OCCC2CCCCN2)cc1)S(=O)(=O)c1ccc(OC)cc1. The zero-order chi connectivity index (χ0) is 24.6. The summed E-state index contributed by atoms with van der Waals surface area (Å²) in [7, 11) is -2.37. The number of ether oxygens (including phenoxy) is 3. The van der Waals surface area contributed by atoms with Gasteiger partial charge in [-0.05, 0) is 74.7 Å². The van der Waals surface area contributed by atoms with Crippen LogP contribution in [0.15, 0.2) is 53.4 Å². The minimum absolute atomic E-state index is 0.120. The third-order valence-electron chi connectivity index (χ3n) is 6.19. The van der Waals surface area contributed by atoms with Crippen LogP contribution < -0.4 is 14.8 Å². The summed E-state index contributed by atoms with van der Waals surface area (Å²) < 4.78 is 43.4. The molecule has 1 saturated heterocycles. The zero-order valence-corrected chi connectivity index (χ0v) is 21.0. The molecule has 0 aliphatic carbocycles. The van der Waals surface area contributed by atoms with Gasteiger partial charge in [-0.2, -0.15) is 0 Å². The molecular weight excluding hydrogens is 454 g/mol.